The van der Waals surface area contributed by atoms with Gasteiger partial charge in [-0.05, 0) is 67.8 Å². The minimum atomic E-state index is -4.29. The van der Waals surface area contributed by atoms with Crippen molar-refractivity contribution in [3.05, 3.63) is 125 Å². The van der Waals surface area contributed by atoms with Crippen molar-refractivity contribution in [1.82, 2.24) is 10.2 Å². The summed E-state index contributed by atoms with van der Waals surface area (Å²) in [7, 11) is -4.29. The Kier molecular flexibility index (Phi) is 12.2. The minimum Gasteiger partial charge on any atom is -0.492 e. The molecule has 46 heavy (non-hydrogen) atoms. The quantitative estimate of drug-likeness (QED) is 0.159. The molecule has 0 heterocycles. The second kappa shape index (κ2) is 16.3. The number of para-hydroxylation sites is 2. The number of nitrogens with zero attached hydrogens (tertiary/aromatic N) is 2. The van der Waals surface area contributed by atoms with Gasteiger partial charge in [0.2, 0.25) is 11.8 Å². The largest absolute Gasteiger partial charge is 0.492 e. The molecular weight excluding hydrogens is 622 g/mol. The highest BCUT2D eigenvalue weighted by Gasteiger charge is 2.35. The molecule has 1 atom stereocenters. The van der Waals surface area contributed by atoms with E-state index in [4.69, 9.17) is 16.3 Å². The van der Waals surface area contributed by atoms with Crippen LogP contribution in [0.3, 0.4) is 0 Å². The maximum atomic E-state index is 14.6. The first-order chi connectivity index (χ1) is 22.1. The zero-order chi connectivity index (χ0) is 33.1. The molecule has 0 radical (unpaired) electrons. The van der Waals surface area contributed by atoms with Crippen LogP contribution < -0.4 is 14.4 Å². The number of hydrogen-bond acceptors (Lipinski definition) is 5. The van der Waals surface area contributed by atoms with E-state index < -0.39 is 28.5 Å². The standard InChI is InChI=1S/C36H40ClN3O5S/c1-4-23-38-36(42)33(24-28-11-7-6-8-12-28)39(25-29-17-15-27(3)16-18-29)35(41)26-40(32-13-9-10-14-34(32)45-5-2)46(43,44)31-21-19-30(37)20-22-31/h6-22,33H,4-5,23-26H2,1-3H3,(H,38,42). The molecule has 0 bridgehead atoms. The van der Waals surface area contributed by atoms with Gasteiger partial charge in [-0.2, -0.15) is 0 Å². The SMILES string of the molecule is CCCNC(=O)C(Cc1ccccc1)N(Cc1ccc(C)cc1)C(=O)CN(c1ccccc1OCC)S(=O)(=O)c1ccc(Cl)cc1. The maximum absolute atomic E-state index is 14.6. The molecular formula is C36H40ClN3O5S. The molecule has 0 spiro atoms. The van der Waals surface area contributed by atoms with Crippen LogP contribution in [0, 0.1) is 6.92 Å². The highest BCUT2D eigenvalue weighted by atomic mass is 35.5. The number of ether oxygens (including phenoxy) is 1. The summed E-state index contributed by atoms with van der Waals surface area (Å²) in [6.45, 7) is 5.97. The van der Waals surface area contributed by atoms with E-state index in [0.29, 0.717) is 17.3 Å². The van der Waals surface area contributed by atoms with Crippen LogP contribution in [0.4, 0.5) is 5.69 Å². The van der Waals surface area contributed by atoms with Gasteiger partial charge >= 0.3 is 0 Å². The fraction of sp³-hybridized carbons (Fsp3) is 0.278. The molecule has 0 aromatic heterocycles. The van der Waals surface area contributed by atoms with Crippen LogP contribution in [-0.2, 0) is 32.6 Å². The van der Waals surface area contributed by atoms with Gasteiger partial charge in [0.25, 0.3) is 10.0 Å². The lowest BCUT2D eigenvalue weighted by Crippen LogP contribution is -2.53. The maximum Gasteiger partial charge on any atom is 0.264 e. The molecule has 0 aliphatic rings. The van der Waals surface area contributed by atoms with Gasteiger partial charge in [0.1, 0.15) is 18.3 Å². The van der Waals surface area contributed by atoms with Gasteiger partial charge in [0, 0.05) is 24.5 Å². The van der Waals surface area contributed by atoms with Crippen molar-refractivity contribution in [3.63, 3.8) is 0 Å². The number of carbonyl (C=O) groups is 2. The van der Waals surface area contributed by atoms with Crippen LogP contribution in [0.5, 0.6) is 5.75 Å². The lowest BCUT2D eigenvalue weighted by molar-refractivity contribution is -0.140. The molecule has 4 rings (SSSR count). The lowest BCUT2D eigenvalue weighted by atomic mass is 10.0. The minimum absolute atomic E-state index is 0.0392. The molecule has 0 aliphatic heterocycles. The first kappa shape index (κ1) is 34.5. The number of sulfonamides is 1. The summed E-state index contributed by atoms with van der Waals surface area (Å²) in [4.78, 5) is 29.8. The van der Waals surface area contributed by atoms with Crippen molar-refractivity contribution >= 4 is 39.1 Å². The number of aryl methyl sites for hydroxylation is 1. The third-order valence-electron chi connectivity index (χ3n) is 7.41. The second-order valence-corrected chi connectivity index (χ2v) is 13.2. The Morgan fingerprint density at radius 1 is 0.848 bits per heavy atom. The van der Waals surface area contributed by atoms with Crippen LogP contribution in [0.25, 0.3) is 0 Å². The molecule has 2 amide bonds. The van der Waals surface area contributed by atoms with Gasteiger partial charge in [0.15, 0.2) is 0 Å². The number of rotatable bonds is 15. The lowest BCUT2D eigenvalue weighted by Gasteiger charge is -2.34. The topological polar surface area (TPSA) is 96.0 Å². The molecule has 0 saturated heterocycles. The van der Waals surface area contributed by atoms with Crippen LogP contribution >= 0.6 is 11.6 Å². The average Bonchev–Trinajstić information content (AvgIpc) is 3.06. The van der Waals surface area contributed by atoms with E-state index in [2.05, 4.69) is 5.32 Å². The first-order valence-corrected chi connectivity index (χ1v) is 17.1. The summed E-state index contributed by atoms with van der Waals surface area (Å²) in [5.74, 6) is -0.549. The zero-order valence-electron chi connectivity index (χ0n) is 26.4. The van der Waals surface area contributed by atoms with E-state index in [1.165, 1.54) is 29.2 Å². The summed E-state index contributed by atoms with van der Waals surface area (Å²) in [6.07, 6.45) is 0.963. The van der Waals surface area contributed by atoms with E-state index in [-0.39, 0.29) is 36.1 Å². The fourth-order valence-electron chi connectivity index (χ4n) is 5.00. The number of hydrogen-bond donors (Lipinski definition) is 1. The number of anilines is 1. The summed E-state index contributed by atoms with van der Waals surface area (Å²) in [6, 6.07) is 28.7. The van der Waals surface area contributed by atoms with E-state index in [9.17, 15) is 18.0 Å². The Morgan fingerprint density at radius 3 is 2.15 bits per heavy atom. The third kappa shape index (κ3) is 8.89. The van der Waals surface area contributed by atoms with Crippen LogP contribution in [-0.4, -0.2) is 50.9 Å². The van der Waals surface area contributed by atoms with Gasteiger partial charge in [-0.1, -0.05) is 90.8 Å². The summed E-state index contributed by atoms with van der Waals surface area (Å²) >= 11 is 6.08. The molecule has 10 heteroatoms. The molecule has 1 N–H and O–H groups in total. The number of carbonyl (C=O) groups excluding carboxylic acids is 2. The number of amides is 2. The van der Waals surface area contributed by atoms with Crippen molar-refractivity contribution in [3.8, 4) is 5.75 Å². The van der Waals surface area contributed by atoms with Gasteiger partial charge < -0.3 is 15.0 Å². The van der Waals surface area contributed by atoms with Crippen molar-refractivity contribution in [2.45, 2.75) is 51.1 Å². The number of benzene rings is 4. The van der Waals surface area contributed by atoms with Gasteiger partial charge in [0.05, 0.1) is 17.2 Å². The van der Waals surface area contributed by atoms with Crippen molar-refractivity contribution < 1.29 is 22.7 Å². The van der Waals surface area contributed by atoms with E-state index in [1.54, 1.807) is 31.2 Å². The van der Waals surface area contributed by atoms with Crippen molar-refractivity contribution in [2.24, 2.45) is 0 Å². The number of nitrogens with one attached hydrogen (secondary N) is 1. The molecule has 0 fully saturated rings. The molecule has 4 aromatic rings. The Bertz CT molecular complexity index is 1700. The predicted octanol–water partition coefficient (Wildman–Crippen LogP) is 6.41. The molecule has 4 aromatic carbocycles. The fourth-order valence-corrected chi connectivity index (χ4v) is 6.55. The zero-order valence-corrected chi connectivity index (χ0v) is 27.9. The summed E-state index contributed by atoms with van der Waals surface area (Å²) in [5.41, 5.74) is 2.93. The molecule has 8 nitrogen and oxygen atoms in total. The Hall–Kier alpha value is -4.34. The molecule has 0 saturated carbocycles. The average molecular weight is 662 g/mol. The summed E-state index contributed by atoms with van der Waals surface area (Å²) < 4.78 is 35.4. The van der Waals surface area contributed by atoms with Crippen LogP contribution in [0.15, 0.2) is 108 Å². The Balaban J connectivity index is 1.82. The number of halogens is 1. The van der Waals surface area contributed by atoms with Gasteiger partial charge in [-0.15, -0.1) is 0 Å². The van der Waals surface area contributed by atoms with Crippen molar-refractivity contribution in [1.29, 1.82) is 0 Å². The molecule has 1 unspecified atom stereocenters. The van der Waals surface area contributed by atoms with E-state index >= 15 is 0 Å². The van der Waals surface area contributed by atoms with Gasteiger partial charge in [-0.3, -0.25) is 13.9 Å². The Labute approximate surface area is 277 Å². The van der Waals surface area contributed by atoms with E-state index in [0.717, 1.165) is 27.4 Å². The van der Waals surface area contributed by atoms with Gasteiger partial charge in [-0.25, -0.2) is 8.42 Å². The van der Waals surface area contributed by atoms with E-state index in [1.807, 2.05) is 68.4 Å². The van der Waals surface area contributed by atoms with Crippen molar-refractivity contribution in [2.75, 3.05) is 24.0 Å². The van der Waals surface area contributed by atoms with Crippen LogP contribution in [0.1, 0.15) is 37.0 Å². The highest BCUT2D eigenvalue weighted by Crippen LogP contribution is 2.33. The molecule has 0 aliphatic carbocycles. The monoisotopic (exact) mass is 661 g/mol. The third-order valence-corrected chi connectivity index (χ3v) is 9.43. The highest BCUT2D eigenvalue weighted by molar-refractivity contribution is 7.92. The Morgan fingerprint density at radius 2 is 1.50 bits per heavy atom. The van der Waals surface area contributed by atoms with Crippen LogP contribution in [0.2, 0.25) is 5.02 Å². The second-order valence-electron chi connectivity index (χ2n) is 10.9. The first-order valence-electron chi connectivity index (χ1n) is 15.3. The molecule has 242 valence electrons. The normalized spacial score (nSPS) is 11.8. The predicted molar refractivity (Wildman–Crippen MR) is 183 cm³/mol. The smallest absolute Gasteiger partial charge is 0.264 e. The summed E-state index contributed by atoms with van der Waals surface area (Å²) in [5, 5.41) is 3.34.